The van der Waals surface area contributed by atoms with Crippen molar-refractivity contribution in [3.63, 3.8) is 0 Å². The molecule has 0 N–H and O–H groups in total. The molecule has 0 amide bonds. The van der Waals surface area contributed by atoms with Crippen molar-refractivity contribution >= 4 is 27.5 Å². The zero-order valence-corrected chi connectivity index (χ0v) is 11.7. The van der Waals surface area contributed by atoms with Gasteiger partial charge in [-0.15, -0.1) is 0 Å². The van der Waals surface area contributed by atoms with Crippen molar-refractivity contribution in [3.8, 4) is 5.88 Å². The van der Waals surface area contributed by atoms with E-state index in [0.29, 0.717) is 22.6 Å². The van der Waals surface area contributed by atoms with Crippen molar-refractivity contribution in [2.75, 3.05) is 7.11 Å². The van der Waals surface area contributed by atoms with Crippen molar-refractivity contribution in [3.05, 3.63) is 37.8 Å². The average Bonchev–Trinajstić information content (AvgIpc) is 2.78. The van der Waals surface area contributed by atoms with Crippen LogP contribution in [0.2, 0.25) is 0 Å². The molecule has 0 fully saturated rings. The quantitative estimate of drug-likeness (QED) is 0.867. The largest absolute Gasteiger partial charge is 0.480 e. The number of nitrogens with zero attached hydrogens (tertiary/aromatic N) is 3. The summed E-state index contributed by atoms with van der Waals surface area (Å²) in [6.07, 6.45) is 1.54. The zero-order valence-electron chi connectivity index (χ0n) is 9.31. The second-order valence-electron chi connectivity index (χ2n) is 3.41. The minimum absolute atomic E-state index is 0.0927. The van der Waals surface area contributed by atoms with Crippen LogP contribution in [0.1, 0.15) is 10.6 Å². The van der Waals surface area contributed by atoms with Crippen LogP contribution in [0.5, 0.6) is 5.88 Å². The van der Waals surface area contributed by atoms with Gasteiger partial charge < -0.3 is 4.74 Å². The van der Waals surface area contributed by atoms with Crippen LogP contribution in [0, 0.1) is 6.92 Å². The van der Waals surface area contributed by atoms with Crippen molar-refractivity contribution in [2.24, 2.45) is 0 Å². The minimum Gasteiger partial charge on any atom is -0.480 e. The van der Waals surface area contributed by atoms with E-state index in [0.717, 1.165) is 4.88 Å². The number of hydrogen-bond acceptors (Lipinski definition) is 5. The highest BCUT2D eigenvalue weighted by molar-refractivity contribution is 9.10. The summed E-state index contributed by atoms with van der Waals surface area (Å²) in [6, 6.07) is 1.81. The van der Waals surface area contributed by atoms with Crippen LogP contribution in [-0.2, 0) is 6.54 Å². The van der Waals surface area contributed by atoms with E-state index in [1.807, 2.05) is 6.07 Å². The Labute approximate surface area is 110 Å². The first-order chi connectivity index (χ1) is 8.11. The summed E-state index contributed by atoms with van der Waals surface area (Å²) in [5, 5.41) is 0. The summed E-state index contributed by atoms with van der Waals surface area (Å²) >= 11 is 4.54. The van der Waals surface area contributed by atoms with E-state index < -0.39 is 0 Å². The summed E-state index contributed by atoms with van der Waals surface area (Å²) in [5.74, 6) is 0.567. The van der Waals surface area contributed by atoms with Gasteiger partial charge in [-0.25, -0.2) is 4.98 Å². The van der Waals surface area contributed by atoms with E-state index in [1.54, 1.807) is 14.0 Å². The van der Waals surface area contributed by atoms with Gasteiger partial charge in [0.2, 0.25) is 5.88 Å². The Kier molecular flexibility index (Phi) is 3.58. The Morgan fingerprint density at radius 1 is 1.59 bits per heavy atom. The Bertz CT molecular complexity index is 593. The molecule has 17 heavy (non-hydrogen) atoms. The fraction of sp³-hybridized carbons (Fsp3) is 0.300. The Morgan fingerprint density at radius 2 is 2.35 bits per heavy atom. The Balaban J connectivity index is 2.30. The van der Waals surface area contributed by atoms with E-state index >= 15 is 0 Å². The number of hydrogen-bond donors (Lipinski definition) is 0. The number of aryl methyl sites for hydroxylation is 1. The summed E-state index contributed by atoms with van der Waals surface area (Å²) in [7, 11) is 1.56. The summed E-state index contributed by atoms with van der Waals surface area (Å²) in [4.78, 5) is 17.0. The van der Waals surface area contributed by atoms with Gasteiger partial charge in [0, 0.05) is 10.9 Å². The van der Waals surface area contributed by atoms with Crippen LogP contribution < -0.4 is 10.3 Å². The van der Waals surface area contributed by atoms with E-state index in [2.05, 4.69) is 25.3 Å². The molecule has 2 rings (SSSR count). The van der Waals surface area contributed by atoms with Crippen LogP contribution >= 0.6 is 27.5 Å². The van der Waals surface area contributed by atoms with Crippen LogP contribution in [0.15, 0.2) is 21.7 Å². The van der Waals surface area contributed by atoms with Gasteiger partial charge >= 0.3 is 0 Å². The fourth-order valence-corrected chi connectivity index (χ4v) is 2.31. The molecule has 0 bridgehead atoms. The lowest BCUT2D eigenvalue weighted by Gasteiger charge is -2.04. The van der Waals surface area contributed by atoms with Gasteiger partial charge in [0.15, 0.2) is 0 Å². The lowest BCUT2D eigenvalue weighted by Crippen LogP contribution is -2.22. The molecular formula is C10H10BrN3O2S. The summed E-state index contributed by atoms with van der Waals surface area (Å²) in [6.45, 7) is 2.23. The maximum absolute atomic E-state index is 11.9. The first kappa shape index (κ1) is 12.3. The van der Waals surface area contributed by atoms with E-state index in [1.165, 1.54) is 22.4 Å². The van der Waals surface area contributed by atoms with Crippen LogP contribution in [0.4, 0.5) is 0 Å². The molecule has 7 heteroatoms. The van der Waals surface area contributed by atoms with Gasteiger partial charge in [-0.2, -0.15) is 4.37 Å². The number of halogens is 1. The highest BCUT2D eigenvalue weighted by atomic mass is 79.9. The highest BCUT2D eigenvalue weighted by Gasteiger charge is 2.08. The highest BCUT2D eigenvalue weighted by Crippen LogP contribution is 2.17. The topological polar surface area (TPSA) is 57.0 Å². The maximum atomic E-state index is 11.9. The fourth-order valence-electron chi connectivity index (χ4n) is 1.29. The average molecular weight is 316 g/mol. The molecular weight excluding hydrogens is 306 g/mol. The molecule has 0 aliphatic carbocycles. The second-order valence-corrected chi connectivity index (χ2v) is 5.10. The molecule has 0 saturated heterocycles. The smallest absolute Gasteiger partial charge is 0.268 e. The molecule has 0 radical (unpaired) electrons. The minimum atomic E-state index is -0.0927. The lowest BCUT2D eigenvalue weighted by molar-refractivity contribution is 0.402. The molecule has 90 valence electrons. The van der Waals surface area contributed by atoms with Crippen LogP contribution in [0.25, 0.3) is 0 Å². The third kappa shape index (κ3) is 2.55. The number of ether oxygens (including phenoxy) is 1. The zero-order chi connectivity index (χ0) is 12.4. The van der Waals surface area contributed by atoms with Crippen LogP contribution in [0.3, 0.4) is 0 Å². The van der Waals surface area contributed by atoms with Gasteiger partial charge in [-0.1, -0.05) is 0 Å². The Hall–Kier alpha value is -1.21. The molecule has 5 nitrogen and oxygen atoms in total. The predicted molar refractivity (Wildman–Crippen MR) is 68.7 cm³/mol. The number of rotatable bonds is 3. The summed E-state index contributed by atoms with van der Waals surface area (Å²) in [5.41, 5.74) is 0.595. The number of methoxy groups -OCH3 is 1. The van der Waals surface area contributed by atoms with Gasteiger partial charge in [-0.3, -0.25) is 9.36 Å². The monoisotopic (exact) mass is 315 g/mol. The third-order valence-corrected chi connectivity index (χ3v) is 3.90. The van der Waals surface area contributed by atoms with Crippen molar-refractivity contribution in [2.45, 2.75) is 13.5 Å². The first-order valence-electron chi connectivity index (χ1n) is 4.83. The molecule has 0 saturated carbocycles. The van der Waals surface area contributed by atoms with Crippen LogP contribution in [-0.4, -0.2) is 21.0 Å². The van der Waals surface area contributed by atoms with Gasteiger partial charge in [0.25, 0.3) is 5.56 Å². The van der Waals surface area contributed by atoms with Crippen molar-refractivity contribution in [1.82, 2.24) is 13.9 Å². The van der Waals surface area contributed by atoms with Gasteiger partial charge in [0.05, 0.1) is 25.7 Å². The van der Waals surface area contributed by atoms with Gasteiger partial charge in [0.1, 0.15) is 4.47 Å². The molecule has 0 aliphatic heterocycles. The van der Waals surface area contributed by atoms with E-state index in [-0.39, 0.29) is 5.56 Å². The SMILES string of the molecule is COc1cc(Cn2cnc(C)c(Br)c2=O)sn1. The molecule has 0 atom stereocenters. The maximum Gasteiger partial charge on any atom is 0.268 e. The molecule has 0 aliphatic rings. The molecule has 2 heterocycles. The standard InChI is InChI=1S/C10H10BrN3O2S/c1-6-9(11)10(15)14(5-12-6)4-7-3-8(16-2)13-17-7/h3,5H,4H2,1-2H3. The molecule has 0 aromatic carbocycles. The molecule has 0 spiro atoms. The molecule has 2 aromatic heterocycles. The molecule has 2 aromatic rings. The third-order valence-electron chi connectivity index (χ3n) is 2.23. The van der Waals surface area contributed by atoms with Gasteiger partial charge in [-0.05, 0) is 34.4 Å². The number of aromatic nitrogens is 3. The predicted octanol–water partition coefficient (Wildman–Crippen LogP) is 1.83. The van der Waals surface area contributed by atoms with Crippen molar-refractivity contribution in [1.29, 1.82) is 0 Å². The second kappa shape index (κ2) is 4.97. The van der Waals surface area contributed by atoms with Crippen molar-refractivity contribution < 1.29 is 4.74 Å². The normalized spacial score (nSPS) is 10.5. The first-order valence-corrected chi connectivity index (χ1v) is 6.39. The Morgan fingerprint density at radius 3 is 3.00 bits per heavy atom. The van der Waals surface area contributed by atoms with E-state index in [4.69, 9.17) is 4.74 Å². The summed E-state index contributed by atoms with van der Waals surface area (Å²) < 4.78 is 11.1. The van der Waals surface area contributed by atoms with E-state index in [9.17, 15) is 4.79 Å². The molecule has 0 unspecified atom stereocenters. The lowest BCUT2D eigenvalue weighted by atomic mass is 10.4.